The van der Waals surface area contributed by atoms with Crippen LogP contribution in [0.5, 0.6) is 0 Å². The standard InChI is InChI=1S/C15H15F3N4O2/c16-15(17,18)13-11(14(23)24)8-20-22(13)9-10-3-4-19-12(7-10)21-5-1-2-6-21/h3-4,7-8H,1-2,5-6,9H2,(H,23,24). The van der Waals surface area contributed by atoms with Crippen molar-refractivity contribution in [3.05, 3.63) is 41.3 Å². The number of carboxylic acid groups (broad SMARTS) is 1. The molecule has 6 nitrogen and oxygen atoms in total. The number of hydrogen-bond donors (Lipinski definition) is 1. The summed E-state index contributed by atoms with van der Waals surface area (Å²) >= 11 is 0. The van der Waals surface area contributed by atoms with E-state index in [0.29, 0.717) is 16.1 Å². The Kier molecular flexibility index (Phi) is 4.16. The summed E-state index contributed by atoms with van der Waals surface area (Å²) in [7, 11) is 0. The van der Waals surface area contributed by atoms with Crippen molar-refractivity contribution in [2.75, 3.05) is 18.0 Å². The van der Waals surface area contributed by atoms with Crippen LogP contribution in [0.25, 0.3) is 0 Å². The van der Waals surface area contributed by atoms with Crippen LogP contribution in [0, 0.1) is 0 Å². The van der Waals surface area contributed by atoms with E-state index in [0.717, 1.165) is 32.1 Å². The Morgan fingerprint density at radius 1 is 1.29 bits per heavy atom. The van der Waals surface area contributed by atoms with Crippen LogP contribution in [-0.4, -0.2) is 38.9 Å². The molecule has 0 radical (unpaired) electrons. The average molecular weight is 340 g/mol. The molecular formula is C15H15F3N4O2. The van der Waals surface area contributed by atoms with E-state index in [1.807, 2.05) is 0 Å². The third-order valence-electron chi connectivity index (χ3n) is 3.91. The number of halogens is 3. The number of carbonyl (C=O) groups is 1. The number of nitrogens with zero attached hydrogens (tertiary/aromatic N) is 4. The zero-order chi connectivity index (χ0) is 17.3. The van der Waals surface area contributed by atoms with Crippen LogP contribution in [-0.2, 0) is 12.7 Å². The Labute approximate surface area is 135 Å². The van der Waals surface area contributed by atoms with Crippen LogP contribution in [0.2, 0.25) is 0 Å². The fourth-order valence-electron chi connectivity index (χ4n) is 2.81. The summed E-state index contributed by atoms with van der Waals surface area (Å²) in [5.74, 6) is -0.940. The van der Waals surface area contributed by atoms with Crippen LogP contribution < -0.4 is 4.90 Å². The highest BCUT2D eigenvalue weighted by atomic mass is 19.4. The summed E-state index contributed by atoms with van der Waals surface area (Å²) in [5, 5.41) is 12.5. The van der Waals surface area contributed by atoms with E-state index in [4.69, 9.17) is 5.11 Å². The molecular weight excluding hydrogens is 325 g/mol. The maximum absolute atomic E-state index is 13.2. The Hall–Kier alpha value is -2.58. The van der Waals surface area contributed by atoms with Crippen molar-refractivity contribution in [1.29, 1.82) is 0 Å². The molecule has 0 saturated carbocycles. The van der Waals surface area contributed by atoms with Gasteiger partial charge in [0.1, 0.15) is 11.4 Å². The van der Waals surface area contributed by atoms with Gasteiger partial charge in [0.05, 0.1) is 12.7 Å². The second-order valence-electron chi connectivity index (χ2n) is 5.58. The van der Waals surface area contributed by atoms with E-state index in [-0.39, 0.29) is 6.54 Å². The van der Waals surface area contributed by atoms with Gasteiger partial charge >= 0.3 is 12.1 Å². The quantitative estimate of drug-likeness (QED) is 0.926. The number of pyridine rings is 1. The molecule has 2 aromatic heterocycles. The molecule has 0 bridgehead atoms. The van der Waals surface area contributed by atoms with Gasteiger partial charge in [0.25, 0.3) is 0 Å². The zero-order valence-electron chi connectivity index (χ0n) is 12.6. The van der Waals surface area contributed by atoms with Crippen molar-refractivity contribution in [3.8, 4) is 0 Å². The van der Waals surface area contributed by atoms with E-state index in [1.165, 1.54) is 6.20 Å². The van der Waals surface area contributed by atoms with Gasteiger partial charge in [0, 0.05) is 19.3 Å². The lowest BCUT2D eigenvalue weighted by Gasteiger charge is -2.17. The van der Waals surface area contributed by atoms with Crippen LogP contribution in [0.1, 0.15) is 34.5 Å². The van der Waals surface area contributed by atoms with E-state index in [2.05, 4.69) is 15.0 Å². The van der Waals surface area contributed by atoms with Gasteiger partial charge < -0.3 is 10.0 Å². The second kappa shape index (κ2) is 6.14. The average Bonchev–Trinajstić information content (AvgIpc) is 3.16. The zero-order valence-corrected chi connectivity index (χ0v) is 12.6. The first-order valence-corrected chi connectivity index (χ1v) is 7.42. The fraction of sp³-hybridized carbons (Fsp3) is 0.400. The van der Waals surface area contributed by atoms with Gasteiger partial charge in [-0.3, -0.25) is 4.68 Å². The van der Waals surface area contributed by atoms with Crippen molar-refractivity contribution in [2.24, 2.45) is 0 Å². The molecule has 3 heterocycles. The van der Waals surface area contributed by atoms with Gasteiger partial charge in [-0.05, 0) is 30.5 Å². The van der Waals surface area contributed by atoms with Gasteiger partial charge in [-0.1, -0.05) is 0 Å². The molecule has 3 rings (SSSR count). The molecule has 0 amide bonds. The van der Waals surface area contributed by atoms with Gasteiger partial charge in [0.15, 0.2) is 5.69 Å². The molecule has 0 aliphatic carbocycles. The van der Waals surface area contributed by atoms with Crippen molar-refractivity contribution < 1.29 is 23.1 Å². The normalized spacial score (nSPS) is 15.0. The first-order chi connectivity index (χ1) is 11.4. The van der Waals surface area contributed by atoms with E-state index in [1.54, 1.807) is 12.1 Å². The third-order valence-corrected chi connectivity index (χ3v) is 3.91. The first kappa shape index (κ1) is 16.3. The summed E-state index contributed by atoms with van der Waals surface area (Å²) in [6.45, 7) is 1.57. The van der Waals surface area contributed by atoms with Crippen LogP contribution in [0.15, 0.2) is 24.5 Å². The molecule has 2 aromatic rings. The number of alkyl halides is 3. The van der Waals surface area contributed by atoms with Crippen molar-refractivity contribution in [3.63, 3.8) is 0 Å². The molecule has 0 atom stereocenters. The molecule has 0 spiro atoms. The number of rotatable bonds is 4. The molecule has 1 aliphatic heterocycles. The highest BCUT2D eigenvalue weighted by Gasteiger charge is 2.40. The van der Waals surface area contributed by atoms with Crippen molar-refractivity contribution in [2.45, 2.75) is 25.6 Å². The highest BCUT2D eigenvalue weighted by Crippen LogP contribution is 2.32. The summed E-state index contributed by atoms with van der Waals surface area (Å²) in [6, 6.07) is 3.31. The van der Waals surface area contributed by atoms with Gasteiger partial charge in [-0.2, -0.15) is 18.3 Å². The van der Waals surface area contributed by atoms with Crippen molar-refractivity contribution in [1.82, 2.24) is 14.8 Å². The Bertz CT molecular complexity index is 751. The van der Waals surface area contributed by atoms with E-state index >= 15 is 0 Å². The molecule has 1 aliphatic rings. The molecule has 0 unspecified atom stereocenters. The predicted octanol–water partition coefficient (Wildman–Crippen LogP) is 2.64. The lowest BCUT2D eigenvalue weighted by atomic mass is 10.2. The summed E-state index contributed by atoms with van der Waals surface area (Å²) in [4.78, 5) is 17.3. The fourth-order valence-corrected chi connectivity index (χ4v) is 2.81. The minimum Gasteiger partial charge on any atom is -0.478 e. The number of aromatic carboxylic acids is 1. The van der Waals surface area contributed by atoms with Gasteiger partial charge in [-0.25, -0.2) is 9.78 Å². The SMILES string of the molecule is O=C(O)c1cnn(Cc2ccnc(N3CCCC3)c2)c1C(F)(F)F. The number of hydrogen-bond acceptors (Lipinski definition) is 4. The monoisotopic (exact) mass is 340 g/mol. The predicted molar refractivity (Wildman–Crippen MR) is 79.0 cm³/mol. The van der Waals surface area contributed by atoms with Crippen molar-refractivity contribution >= 4 is 11.8 Å². The third kappa shape index (κ3) is 3.19. The smallest absolute Gasteiger partial charge is 0.433 e. The lowest BCUT2D eigenvalue weighted by Crippen LogP contribution is -2.20. The Morgan fingerprint density at radius 3 is 2.62 bits per heavy atom. The Balaban J connectivity index is 1.91. The molecule has 24 heavy (non-hydrogen) atoms. The molecule has 1 N–H and O–H groups in total. The topological polar surface area (TPSA) is 71.2 Å². The Morgan fingerprint density at radius 2 is 2.00 bits per heavy atom. The number of carboxylic acids is 1. The number of aromatic nitrogens is 3. The minimum atomic E-state index is -4.80. The second-order valence-corrected chi connectivity index (χ2v) is 5.58. The van der Waals surface area contributed by atoms with E-state index < -0.39 is 23.4 Å². The first-order valence-electron chi connectivity index (χ1n) is 7.42. The molecule has 9 heteroatoms. The molecule has 1 saturated heterocycles. The van der Waals surface area contributed by atoms with Crippen LogP contribution >= 0.6 is 0 Å². The summed E-state index contributed by atoms with van der Waals surface area (Å²) < 4.78 is 40.2. The maximum atomic E-state index is 13.2. The largest absolute Gasteiger partial charge is 0.478 e. The number of anilines is 1. The molecule has 128 valence electrons. The molecule has 0 aromatic carbocycles. The maximum Gasteiger partial charge on any atom is 0.433 e. The van der Waals surface area contributed by atoms with Gasteiger partial charge in [-0.15, -0.1) is 0 Å². The van der Waals surface area contributed by atoms with Gasteiger partial charge in [0.2, 0.25) is 0 Å². The summed E-state index contributed by atoms with van der Waals surface area (Å²) in [6.07, 6.45) is -0.406. The summed E-state index contributed by atoms with van der Waals surface area (Å²) in [5.41, 5.74) is -1.52. The van der Waals surface area contributed by atoms with Crippen LogP contribution in [0.3, 0.4) is 0 Å². The molecule has 1 fully saturated rings. The van der Waals surface area contributed by atoms with Crippen LogP contribution in [0.4, 0.5) is 19.0 Å². The lowest BCUT2D eigenvalue weighted by molar-refractivity contribution is -0.144. The highest BCUT2D eigenvalue weighted by molar-refractivity contribution is 5.88. The minimum absolute atomic E-state index is 0.175. The van der Waals surface area contributed by atoms with E-state index in [9.17, 15) is 18.0 Å².